The highest BCUT2D eigenvalue weighted by molar-refractivity contribution is 9.10. The van der Waals surface area contributed by atoms with Crippen molar-refractivity contribution >= 4 is 37.5 Å². The van der Waals surface area contributed by atoms with Crippen LogP contribution in [-0.4, -0.2) is 27.4 Å². The topological polar surface area (TPSA) is 66.5 Å². The number of hydrogen-bond donors (Lipinski definition) is 1. The molecule has 0 saturated heterocycles. The highest BCUT2D eigenvalue weighted by Gasteiger charge is 2.31. The van der Waals surface area contributed by atoms with E-state index in [0.717, 1.165) is 5.56 Å². The molecule has 0 bridgehead atoms. The molecule has 0 saturated carbocycles. The van der Waals surface area contributed by atoms with Crippen molar-refractivity contribution < 1.29 is 13.2 Å². The van der Waals surface area contributed by atoms with E-state index in [1.54, 1.807) is 24.8 Å². The van der Waals surface area contributed by atoms with Crippen LogP contribution in [0.3, 0.4) is 0 Å². The molecule has 1 aliphatic heterocycles. The van der Waals surface area contributed by atoms with E-state index in [1.807, 2.05) is 6.07 Å². The second-order valence-corrected chi connectivity index (χ2v) is 7.21. The molecule has 1 aliphatic rings. The van der Waals surface area contributed by atoms with Crippen LogP contribution in [0.15, 0.2) is 21.5 Å². The van der Waals surface area contributed by atoms with Crippen LogP contribution in [0.5, 0.6) is 0 Å². The molecule has 20 heavy (non-hydrogen) atoms. The van der Waals surface area contributed by atoms with Gasteiger partial charge < -0.3 is 4.90 Å². The molecule has 2 rings (SSSR count). The summed E-state index contributed by atoms with van der Waals surface area (Å²) in [6.07, 6.45) is 1.03. The minimum Gasteiger partial charge on any atom is -0.310 e. The van der Waals surface area contributed by atoms with Gasteiger partial charge in [-0.25, -0.2) is 13.1 Å². The minimum absolute atomic E-state index is 0.0565. The van der Waals surface area contributed by atoms with Crippen molar-refractivity contribution in [1.29, 1.82) is 0 Å². The van der Waals surface area contributed by atoms with Gasteiger partial charge in [-0.05, 0) is 24.1 Å². The van der Waals surface area contributed by atoms with E-state index >= 15 is 0 Å². The fourth-order valence-electron chi connectivity index (χ4n) is 2.38. The molecule has 0 radical (unpaired) electrons. The number of carbonyl (C=O) groups is 1. The fraction of sp³-hybridized carbons (Fsp3) is 0.462. The van der Waals surface area contributed by atoms with E-state index in [-0.39, 0.29) is 10.8 Å². The van der Waals surface area contributed by atoms with Gasteiger partial charge in [-0.3, -0.25) is 4.79 Å². The lowest BCUT2D eigenvalue weighted by atomic mass is 10.2. The molecule has 1 N–H and O–H groups in total. The normalized spacial score (nSPS) is 14.4. The third-order valence-electron chi connectivity index (χ3n) is 3.22. The number of nitrogens with one attached hydrogen (secondary N) is 1. The summed E-state index contributed by atoms with van der Waals surface area (Å²) in [4.78, 5) is 13.7. The molecule has 1 aromatic carbocycles. The van der Waals surface area contributed by atoms with Crippen molar-refractivity contribution in [3.05, 3.63) is 22.2 Å². The first-order valence-electron chi connectivity index (χ1n) is 6.53. The average molecular weight is 361 g/mol. The third-order valence-corrected chi connectivity index (χ3v) is 5.24. The second kappa shape index (κ2) is 5.83. The van der Waals surface area contributed by atoms with Crippen molar-refractivity contribution in [2.45, 2.75) is 31.6 Å². The number of hydrogen-bond acceptors (Lipinski definition) is 3. The van der Waals surface area contributed by atoms with Crippen LogP contribution >= 0.6 is 15.9 Å². The SMILES string of the molecule is CCNS(=O)(=O)c1cc(Br)cc2c1N(C(=O)CC)CC2. The summed E-state index contributed by atoms with van der Waals surface area (Å²) in [5.41, 5.74) is 1.42. The average Bonchev–Trinajstić information content (AvgIpc) is 2.80. The fourth-order valence-corrected chi connectivity index (χ4v) is 4.35. The Labute approximate surface area is 127 Å². The van der Waals surface area contributed by atoms with Crippen LogP contribution in [0.2, 0.25) is 0 Å². The molecule has 7 heteroatoms. The van der Waals surface area contributed by atoms with Gasteiger partial charge in [0, 0.05) is 24.0 Å². The van der Waals surface area contributed by atoms with Gasteiger partial charge in [-0.2, -0.15) is 0 Å². The molecule has 0 spiro atoms. The zero-order chi connectivity index (χ0) is 14.9. The lowest BCUT2D eigenvalue weighted by Crippen LogP contribution is -2.31. The van der Waals surface area contributed by atoms with Crippen LogP contribution in [0.4, 0.5) is 5.69 Å². The first-order chi connectivity index (χ1) is 9.40. The third kappa shape index (κ3) is 2.75. The van der Waals surface area contributed by atoms with E-state index in [1.165, 1.54) is 0 Å². The number of halogens is 1. The molecule has 110 valence electrons. The Hall–Kier alpha value is -0.920. The van der Waals surface area contributed by atoms with E-state index in [4.69, 9.17) is 0 Å². The Kier molecular flexibility index (Phi) is 4.51. The maximum Gasteiger partial charge on any atom is 0.242 e. The molecule has 1 heterocycles. The van der Waals surface area contributed by atoms with Crippen molar-refractivity contribution in [2.75, 3.05) is 18.0 Å². The Morgan fingerprint density at radius 2 is 2.10 bits per heavy atom. The van der Waals surface area contributed by atoms with Gasteiger partial charge in [-0.15, -0.1) is 0 Å². The minimum atomic E-state index is -3.61. The standard InChI is InChI=1S/C13H17BrN2O3S/c1-3-12(17)16-6-5-9-7-10(14)8-11(13(9)16)20(18,19)15-4-2/h7-8,15H,3-6H2,1-2H3. The number of carbonyl (C=O) groups excluding carboxylic acids is 1. The molecule has 0 aromatic heterocycles. The summed E-state index contributed by atoms with van der Waals surface area (Å²) in [5.74, 6) is -0.0565. The van der Waals surface area contributed by atoms with Gasteiger partial charge in [0.05, 0.1) is 5.69 Å². The predicted molar refractivity (Wildman–Crippen MR) is 81.4 cm³/mol. The molecule has 1 amide bonds. The molecule has 0 fully saturated rings. The summed E-state index contributed by atoms with van der Waals surface area (Å²) < 4.78 is 27.9. The van der Waals surface area contributed by atoms with Gasteiger partial charge in [0.15, 0.2) is 0 Å². The van der Waals surface area contributed by atoms with Crippen molar-refractivity contribution in [3.8, 4) is 0 Å². The van der Waals surface area contributed by atoms with Crippen LogP contribution in [0, 0.1) is 0 Å². The second-order valence-electron chi connectivity index (χ2n) is 4.56. The number of rotatable bonds is 4. The lowest BCUT2D eigenvalue weighted by molar-refractivity contribution is -0.118. The van der Waals surface area contributed by atoms with E-state index in [0.29, 0.717) is 36.1 Å². The Morgan fingerprint density at radius 1 is 1.40 bits per heavy atom. The number of benzene rings is 1. The zero-order valence-corrected chi connectivity index (χ0v) is 13.8. The summed E-state index contributed by atoms with van der Waals surface area (Å²) in [6.45, 7) is 4.35. The van der Waals surface area contributed by atoms with Gasteiger partial charge in [0.25, 0.3) is 0 Å². The van der Waals surface area contributed by atoms with Crippen LogP contribution in [0.25, 0.3) is 0 Å². The molecule has 0 unspecified atom stereocenters. The van der Waals surface area contributed by atoms with Crippen LogP contribution < -0.4 is 9.62 Å². The largest absolute Gasteiger partial charge is 0.310 e. The van der Waals surface area contributed by atoms with Crippen LogP contribution in [-0.2, 0) is 21.2 Å². The van der Waals surface area contributed by atoms with E-state index in [9.17, 15) is 13.2 Å². The lowest BCUT2D eigenvalue weighted by Gasteiger charge is -2.20. The first kappa shape index (κ1) is 15.5. The predicted octanol–water partition coefficient (Wildman–Crippen LogP) is 2.05. The summed E-state index contributed by atoms with van der Waals surface area (Å²) in [5, 5.41) is 0. The molecular formula is C13H17BrN2O3S. The van der Waals surface area contributed by atoms with Crippen LogP contribution in [0.1, 0.15) is 25.8 Å². The molecule has 1 aromatic rings. The zero-order valence-electron chi connectivity index (χ0n) is 11.4. The monoisotopic (exact) mass is 360 g/mol. The molecule has 0 atom stereocenters. The first-order valence-corrected chi connectivity index (χ1v) is 8.80. The molecular weight excluding hydrogens is 344 g/mol. The maximum absolute atomic E-state index is 12.3. The van der Waals surface area contributed by atoms with Gasteiger partial charge in [-0.1, -0.05) is 29.8 Å². The highest BCUT2D eigenvalue weighted by Crippen LogP contribution is 2.37. The Morgan fingerprint density at radius 3 is 2.70 bits per heavy atom. The number of anilines is 1. The van der Waals surface area contributed by atoms with Gasteiger partial charge >= 0.3 is 0 Å². The van der Waals surface area contributed by atoms with Crippen molar-refractivity contribution in [1.82, 2.24) is 4.72 Å². The summed E-state index contributed by atoms with van der Waals surface area (Å²) >= 11 is 3.34. The molecule has 5 nitrogen and oxygen atoms in total. The quantitative estimate of drug-likeness (QED) is 0.893. The Balaban J connectivity index is 2.62. The Bertz CT molecular complexity index is 643. The van der Waals surface area contributed by atoms with E-state index < -0.39 is 10.0 Å². The number of fused-ring (bicyclic) bond motifs is 1. The molecule has 0 aliphatic carbocycles. The summed E-state index contributed by atoms with van der Waals surface area (Å²) in [7, 11) is -3.61. The smallest absolute Gasteiger partial charge is 0.242 e. The number of sulfonamides is 1. The number of amides is 1. The van der Waals surface area contributed by atoms with Crippen molar-refractivity contribution in [2.24, 2.45) is 0 Å². The highest BCUT2D eigenvalue weighted by atomic mass is 79.9. The summed E-state index contributed by atoms with van der Waals surface area (Å²) in [6, 6.07) is 3.43. The van der Waals surface area contributed by atoms with E-state index in [2.05, 4.69) is 20.7 Å². The van der Waals surface area contributed by atoms with Crippen molar-refractivity contribution in [3.63, 3.8) is 0 Å². The van der Waals surface area contributed by atoms with Gasteiger partial charge in [0.2, 0.25) is 15.9 Å². The maximum atomic E-state index is 12.3. The number of nitrogens with zero attached hydrogens (tertiary/aromatic N) is 1. The van der Waals surface area contributed by atoms with Gasteiger partial charge in [0.1, 0.15) is 4.90 Å².